The van der Waals surface area contributed by atoms with Gasteiger partial charge in [-0.3, -0.25) is 9.48 Å². The smallest absolute Gasteiger partial charge is 0.244 e. The number of aromatic nitrogens is 2. The molecule has 1 amide bonds. The molecule has 1 aromatic rings. The molecule has 146 valence electrons. The molecular formula is C17H29IN6O2. The van der Waals surface area contributed by atoms with Crippen LogP contribution in [0.2, 0.25) is 0 Å². The topological polar surface area (TPSA) is 75.0 Å². The molecule has 0 radical (unpaired) electrons. The lowest BCUT2D eigenvalue weighted by Crippen LogP contribution is -2.48. The van der Waals surface area contributed by atoms with Crippen LogP contribution in [0.25, 0.3) is 0 Å². The SMILES string of the molecule is CCNC(=NCC(=O)N1CCCC1)N1CCOC(c2cnn(C)c2)C1.I. The molecule has 2 aliphatic rings. The number of aryl methyl sites for hydroxylation is 1. The first-order valence-electron chi connectivity index (χ1n) is 9.08. The zero-order valence-electron chi connectivity index (χ0n) is 15.6. The van der Waals surface area contributed by atoms with Gasteiger partial charge < -0.3 is 19.9 Å². The Morgan fingerprint density at radius 1 is 1.35 bits per heavy atom. The molecule has 3 heterocycles. The molecule has 2 saturated heterocycles. The number of hydrogen-bond acceptors (Lipinski definition) is 4. The lowest BCUT2D eigenvalue weighted by atomic mass is 10.1. The number of ether oxygens (including phenoxy) is 1. The van der Waals surface area contributed by atoms with E-state index < -0.39 is 0 Å². The molecule has 2 aliphatic heterocycles. The summed E-state index contributed by atoms with van der Waals surface area (Å²) in [6, 6.07) is 0. The number of rotatable bonds is 4. The Balaban J connectivity index is 0.00000243. The summed E-state index contributed by atoms with van der Waals surface area (Å²) in [4.78, 5) is 20.9. The molecule has 2 fully saturated rings. The van der Waals surface area contributed by atoms with Crippen molar-refractivity contribution in [2.45, 2.75) is 25.9 Å². The Hall–Kier alpha value is -1.36. The number of halogens is 1. The third-order valence-electron chi connectivity index (χ3n) is 4.62. The fraction of sp³-hybridized carbons (Fsp3) is 0.706. The lowest BCUT2D eigenvalue weighted by molar-refractivity contribution is -0.128. The van der Waals surface area contributed by atoms with Gasteiger partial charge in [0.15, 0.2) is 5.96 Å². The highest BCUT2D eigenvalue weighted by atomic mass is 127. The summed E-state index contributed by atoms with van der Waals surface area (Å²) in [7, 11) is 1.90. The third kappa shape index (κ3) is 5.32. The van der Waals surface area contributed by atoms with Gasteiger partial charge in [0.25, 0.3) is 0 Å². The second-order valence-corrected chi connectivity index (χ2v) is 6.51. The van der Waals surface area contributed by atoms with Crippen LogP contribution in [-0.2, 0) is 16.6 Å². The number of carbonyl (C=O) groups excluding carboxylic acids is 1. The first-order valence-corrected chi connectivity index (χ1v) is 9.08. The van der Waals surface area contributed by atoms with Gasteiger partial charge in [0.1, 0.15) is 12.6 Å². The Labute approximate surface area is 172 Å². The maximum Gasteiger partial charge on any atom is 0.244 e. The standard InChI is InChI=1S/C17H28N6O2.HI/c1-3-18-17(19-11-16(24)22-6-4-5-7-22)23-8-9-25-15(13-23)14-10-20-21(2)12-14;/h10,12,15H,3-9,11,13H2,1-2H3,(H,18,19);1H. The van der Waals surface area contributed by atoms with Gasteiger partial charge in [-0.2, -0.15) is 5.10 Å². The maximum absolute atomic E-state index is 12.3. The van der Waals surface area contributed by atoms with E-state index in [4.69, 9.17) is 4.74 Å². The van der Waals surface area contributed by atoms with E-state index >= 15 is 0 Å². The maximum atomic E-state index is 12.3. The summed E-state index contributed by atoms with van der Waals surface area (Å²) in [5.41, 5.74) is 1.07. The summed E-state index contributed by atoms with van der Waals surface area (Å²) in [6.07, 6.45) is 6.00. The highest BCUT2D eigenvalue weighted by Crippen LogP contribution is 2.21. The van der Waals surface area contributed by atoms with E-state index in [1.54, 1.807) is 4.68 Å². The summed E-state index contributed by atoms with van der Waals surface area (Å²) in [6.45, 7) is 6.84. The highest BCUT2D eigenvalue weighted by Gasteiger charge is 2.25. The van der Waals surface area contributed by atoms with Crippen molar-refractivity contribution >= 4 is 35.8 Å². The van der Waals surface area contributed by atoms with Crippen LogP contribution in [0.15, 0.2) is 17.4 Å². The first-order chi connectivity index (χ1) is 12.2. The van der Waals surface area contributed by atoms with Crippen molar-refractivity contribution in [3.8, 4) is 0 Å². The fourth-order valence-electron chi connectivity index (χ4n) is 3.28. The minimum atomic E-state index is -0.0272. The molecule has 0 aromatic carbocycles. The van der Waals surface area contributed by atoms with Crippen molar-refractivity contribution in [1.82, 2.24) is 24.9 Å². The van der Waals surface area contributed by atoms with Crippen LogP contribution >= 0.6 is 24.0 Å². The monoisotopic (exact) mass is 476 g/mol. The predicted molar refractivity (Wildman–Crippen MR) is 111 cm³/mol. The molecule has 9 heteroatoms. The molecule has 8 nitrogen and oxygen atoms in total. The quantitative estimate of drug-likeness (QED) is 0.399. The largest absolute Gasteiger partial charge is 0.370 e. The van der Waals surface area contributed by atoms with E-state index in [-0.39, 0.29) is 42.5 Å². The molecule has 0 spiro atoms. The number of carbonyl (C=O) groups is 1. The minimum absolute atomic E-state index is 0. The second kappa shape index (κ2) is 10.1. The molecule has 0 bridgehead atoms. The van der Waals surface area contributed by atoms with Gasteiger partial charge in [-0.25, -0.2) is 4.99 Å². The molecule has 1 unspecified atom stereocenters. The third-order valence-corrected chi connectivity index (χ3v) is 4.62. The van der Waals surface area contributed by atoms with Gasteiger partial charge in [-0.1, -0.05) is 0 Å². The average Bonchev–Trinajstić information content (AvgIpc) is 3.30. The van der Waals surface area contributed by atoms with Gasteiger partial charge in [0.2, 0.25) is 5.91 Å². The van der Waals surface area contributed by atoms with Gasteiger partial charge in [-0.15, -0.1) is 24.0 Å². The van der Waals surface area contributed by atoms with Gasteiger partial charge >= 0.3 is 0 Å². The first kappa shape index (κ1) is 20.9. The number of guanidine groups is 1. The lowest BCUT2D eigenvalue weighted by Gasteiger charge is -2.34. The predicted octanol–water partition coefficient (Wildman–Crippen LogP) is 0.999. The molecule has 0 saturated carbocycles. The summed E-state index contributed by atoms with van der Waals surface area (Å²) < 4.78 is 7.67. The Kier molecular flexibility index (Phi) is 8.14. The number of nitrogens with zero attached hydrogens (tertiary/aromatic N) is 5. The average molecular weight is 476 g/mol. The number of amides is 1. The number of morpholine rings is 1. The summed E-state index contributed by atoms with van der Waals surface area (Å²) in [5, 5.41) is 7.53. The van der Waals surface area contributed by atoms with Crippen molar-refractivity contribution in [3.63, 3.8) is 0 Å². The van der Waals surface area contributed by atoms with E-state index in [0.29, 0.717) is 13.2 Å². The normalized spacial score (nSPS) is 20.8. The molecule has 26 heavy (non-hydrogen) atoms. The van der Waals surface area contributed by atoms with E-state index in [9.17, 15) is 4.79 Å². The van der Waals surface area contributed by atoms with Gasteiger partial charge in [-0.05, 0) is 19.8 Å². The molecule has 1 atom stereocenters. The van der Waals surface area contributed by atoms with Crippen molar-refractivity contribution < 1.29 is 9.53 Å². The molecule has 1 aromatic heterocycles. The van der Waals surface area contributed by atoms with E-state index in [2.05, 4.69) is 20.3 Å². The van der Waals surface area contributed by atoms with Gasteiger partial charge in [0, 0.05) is 45.0 Å². The van der Waals surface area contributed by atoms with Crippen LogP contribution < -0.4 is 5.32 Å². The Morgan fingerprint density at radius 3 is 2.77 bits per heavy atom. The highest BCUT2D eigenvalue weighted by molar-refractivity contribution is 14.0. The zero-order valence-corrected chi connectivity index (χ0v) is 17.9. The molecular weight excluding hydrogens is 447 g/mol. The summed E-state index contributed by atoms with van der Waals surface area (Å²) in [5.74, 6) is 0.900. The van der Waals surface area contributed by atoms with Crippen molar-refractivity contribution in [1.29, 1.82) is 0 Å². The molecule has 3 rings (SSSR count). The van der Waals surface area contributed by atoms with Crippen LogP contribution in [0.1, 0.15) is 31.4 Å². The van der Waals surface area contributed by atoms with Crippen molar-refractivity contribution in [3.05, 3.63) is 18.0 Å². The minimum Gasteiger partial charge on any atom is -0.370 e. The number of aliphatic imine (C=N–C) groups is 1. The number of hydrogen-bond donors (Lipinski definition) is 1. The van der Waals surface area contributed by atoms with Crippen LogP contribution in [0.4, 0.5) is 0 Å². The van der Waals surface area contributed by atoms with Gasteiger partial charge in [0.05, 0.1) is 19.3 Å². The van der Waals surface area contributed by atoms with Crippen LogP contribution in [-0.4, -0.2) is 77.3 Å². The van der Waals surface area contributed by atoms with Crippen LogP contribution in [0, 0.1) is 0 Å². The zero-order chi connectivity index (χ0) is 17.6. The molecule has 0 aliphatic carbocycles. The van der Waals surface area contributed by atoms with Crippen LogP contribution in [0.5, 0.6) is 0 Å². The number of nitrogens with one attached hydrogen (secondary N) is 1. The van der Waals surface area contributed by atoms with E-state index in [0.717, 1.165) is 50.5 Å². The van der Waals surface area contributed by atoms with Crippen molar-refractivity contribution in [2.75, 3.05) is 45.9 Å². The van der Waals surface area contributed by atoms with Crippen molar-refractivity contribution in [2.24, 2.45) is 12.0 Å². The second-order valence-electron chi connectivity index (χ2n) is 6.51. The Bertz CT molecular complexity index is 614. The Morgan fingerprint density at radius 2 is 2.12 bits per heavy atom. The van der Waals surface area contributed by atoms with Crippen LogP contribution in [0.3, 0.4) is 0 Å². The number of likely N-dealkylation sites (tertiary alicyclic amines) is 1. The summed E-state index contributed by atoms with van der Waals surface area (Å²) >= 11 is 0. The van der Waals surface area contributed by atoms with E-state index in [1.165, 1.54) is 0 Å². The molecule has 1 N–H and O–H groups in total. The van der Waals surface area contributed by atoms with E-state index in [1.807, 2.05) is 31.3 Å². The fourth-order valence-corrected chi connectivity index (χ4v) is 3.28.